The molecule has 0 N–H and O–H groups in total. The summed E-state index contributed by atoms with van der Waals surface area (Å²) in [6.45, 7) is 0.857. The smallest absolute Gasteiger partial charge is 0.428 e. The van der Waals surface area contributed by atoms with Crippen LogP contribution in [0.25, 0.3) is 0 Å². The highest BCUT2D eigenvalue weighted by Gasteiger charge is 2.23. The molecule has 0 unspecified atom stereocenters. The van der Waals surface area contributed by atoms with Crippen molar-refractivity contribution in [1.82, 2.24) is 0 Å². The summed E-state index contributed by atoms with van der Waals surface area (Å²) in [4.78, 5) is 21.5. The van der Waals surface area contributed by atoms with Crippen molar-refractivity contribution in [2.75, 3.05) is 13.2 Å². The van der Waals surface area contributed by atoms with Crippen LogP contribution in [0.15, 0.2) is 24.3 Å². The summed E-state index contributed by atoms with van der Waals surface area (Å²) < 4.78 is 14.8. The second-order valence-electron chi connectivity index (χ2n) is 3.68. The van der Waals surface area contributed by atoms with E-state index >= 15 is 0 Å². The van der Waals surface area contributed by atoms with Gasteiger partial charge in [0.2, 0.25) is 5.75 Å². The number of carbonyl (C=O) groups is 1. The third kappa shape index (κ3) is 2.95. The van der Waals surface area contributed by atoms with Gasteiger partial charge in [0, 0.05) is 12.5 Å². The van der Waals surface area contributed by atoms with Crippen LogP contribution in [0.4, 0.5) is 10.5 Å². The Morgan fingerprint density at radius 1 is 1.44 bits per heavy atom. The molecule has 1 aromatic rings. The van der Waals surface area contributed by atoms with Gasteiger partial charge in [0.25, 0.3) is 0 Å². The zero-order valence-electron chi connectivity index (χ0n) is 9.40. The Hall–Kier alpha value is -2.15. The van der Waals surface area contributed by atoms with Crippen molar-refractivity contribution >= 4 is 11.8 Å². The minimum Gasteiger partial charge on any atom is -0.428 e. The fourth-order valence-corrected chi connectivity index (χ4v) is 1.55. The number of nitro benzene ring substituents is 1. The summed E-state index contributed by atoms with van der Waals surface area (Å²) in [6.07, 6.45) is -0.702. The maximum absolute atomic E-state index is 11.4. The number of rotatable bonds is 3. The Balaban J connectivity index is 2.00. The van der Waals surface area contributed by atoms with Crippen molar-refractivity contribution in [3.8, 4) is 5.75 Å². The molecule has 0 radical (unpaired) electrons. The molecule has 0 aliphatic carbocycles. The lowest BCUT2D eigenvalue weighted by Crippen LogP contribution is -2.21. The van der Waals surface area contributed by atoms with Gasteiger partial charge >= 0.3 is 11.8 Å². The van der Waals surface area contributed by atoms with Gasteiger partial charge in [0.15, 0.2) is 0 Å². The number of carbonyl (C=O) groups excluding carboxylic acids is 1. The van der Waals surface area contributed by atoms with Crippen molar-refractivity contribution in [2.24, 2.45) is 0 Å². The highest BCUT2D eigenvalue weighted by molar-refractivity contribution is 5.66. The molecule has 96 valence electrons. The molecule has 1 aliphatic rings. The van der Waals surface area contributed by atoms with E-state index in [1.165, 1.54) is 24.3 Å². The fraction of sp³-hybridized carbons (Fsp3) is 0.364. The number of hydrogen-bond donors (Lipinski definition) is 0. The number of nitro groups is 1. The number of para-hydroxylation sites is 2. The molecule has 1 atom stereocenters. The lowest BCUT2D eigenvalue weighted by molar-refractivity contribution is -0.385. The molecule has 7 heteroatoms. The molecule has 0 aromatic heterocycles. The molecule has 2 rings (SSSR count). The van der Waals surface area contributed by atoms with Gasteiger partial charge in [-0.1, -0.05) is 12.1 Å². The van der Waals surface area contributed by atoms with E-state index in [9.17, 15) is 14.9 Å². The number of nitrogens with zero attached hydrogens (tertiary/aromatic N) is 1. The number of hydrogen-bond acceptors (Lipinski definition) is 6. The van der Waals surface area contributed by atoms with Crippen LogP contribution < -0.4 is 4.74 Å². The maximum atomic E-state index is 11.4. The first-order valence-corrected chi connectivity index (χ1v) is 5.36. The molecule has 1 saturated heterocycles. The lowest BCUT2D eigenvalue weighted by Gasteiger charge is -2.09. The Morgan fingerprint density at radius 3 is 2.89 bits per heavy atom. The van der Waals surface area contributed by atoms with E-state index in [4.69, 9.17) is 14.2 Å². The Labute approximate surface area is 102 Å². The summed E-state index contributed by atoms with van der Waals surface area (Å²) in [6, 6.07) is 5.61. The molecule has 0 bridgehead atoms. The topological polar surface area (TPSA) is 87.9 Å². The van der Waals surface area contributed by atoms with Gasteiger partial charge in [-0.25, -0.2) is 4.79 Å². The number of ether oxygens (including phenoxy) is 3. The van der Waals surface area contributed by atoms with E-state index in [0.29, 0.717) is 19.6 Å². The quantitative estimate of drug-likeness (QED) is 0.354. The molecule has 0 saturated carbocycles. The van der Waals surface area contributed by atoms with Gasteiger partial charge < -0.3 is 14.2 Å². The van der Waals surface area contributed by atoms with Gasteiger partial charge in [-0.05, 0) is 6.07 Å². The third-order valence-electron chi connectivity index (χ3n) is 2.41. The van der Waals surface area contributed by atoms with Crippen molar-refractivity contribution in [3.05, 3.63) is 34.4 Å². The third-order valence-corrected chi connectivity index (χ3v) is 2.41. The SMILES string of the molecule is O=C(Oc1ccccc1[N+](=O)[O-])O[C@H]1CCOC1. The molecule has 7 nitrogen and oxygen atoms in total. The fourth-order valence-electron chi connectivity index (χ4n) is 1.55. The monoisotopic (exact) mass is 253 g/mol. The highest BCUT2D eigenvalue weighted by Crippen LogP contribution is 2.26. The second kappa shape index (κ2) is 5.46. The molecule has 0 amide bonds. The largest absolute Gasteiger partial charge is 0.514 e. The summed E-state index contributed by atoms with van der Waals surface area (Å²) in [5, 5.41) is 10.7. The van der Waals surface area contributed by atoms with Gasteiger partial charge in [-0.2, -0.15) is 0 Å². The minimum absolute atomic E-state index is 0.133. The Kier molecular flexibility index (Phi) is 3.73. The molecule has 1 fully saturated rings. The molecule has 1 aliphatic heterocycles. The van der Waals surface area contributed by atoms with Gasteiger partial charge in [0.05, 0.1) is 18.1 Å². The zero-order valence-corrected chi connectivity index (χ0v) is 9.40. The average molecular weight is 253 g/mol. The van der Waals surface area contributed by atoms with Crippen LogP contribution in [-0.4, -0.2) is 30.4 Å². The first-order chi connectivity index (χ1) is 8.66. The van der Waals surface area contributed by atoms with Crippen LogP contribution in [0.1, 0.15) is 6.42 Å². The lowest BCUT2D eigenvalue weighted by atomic mass is 10.3. The molecular weight excluding hydrogens is 242 g/mol. The summed E-state index contributed by atoms with van der Waals surface area (Å²) in [7, 11) is 0. The highest BCUT2D eigenvalue weighted by atomic mass is 16.7. The molecule has 1 heterocycles. The minimum atomic E-state index is -0.959. The van der Waals surface area contributed by atoms with E-state index in [1.54, 1.807) is 0 Å². The van der Waals surface area contributed by atoms with Crippen molar-refractivity contribution in [1.29, 1.82) is 0 Å². The zero-order chi connectivity index (χ0) is 13.0. The van der Waals surface area contributed by atoms with Crippen molar-refractivity contribution in [3.63, 3.8) is 0 Å². The van der Waals surface area contributed by atoms with E-state index in [1.807, 2.05) is 0 Å². The van der Waals surface area contributed by atoms with Crippen molar-refractivity contribution < 1.29 is 23.9 Å². The second-order valence-corrected chi connectivity index (χ2v) is 3.68. The van der Waals surface area contributed by atoms with E-state index < -0.39 is 11.1 Å². The molecule has 0 spiro atoms. The van der Waals surface area contributed by atoms with E-state index in [0.717, 1.165) is 0 Å². The first-order valence-electron chi connectivity index (χ1n) is 5.36. The predicted octanol–water partition coefficient (Wildman–Crippen LogP) is 1.90. The standard InChI is InChI=1S/C11H11NO6/c13-11(17-8-5-6-16-7-8)18-10-4-2-1-3-9(10)12(14)15/h1-4,8H,5-7H2/t8-/m0/s1. The van der Waals surface area contributed by atoms with Crippen LogP contribution >= 0.6 is 0 Å². The Morgan fingerprint density at radius 2 is 2.22 bits per heavy atom. The van der Waals surface area contributed by atoms with Crippen molar-refractivity contribution in [2.45, 2.75) is 12.5 Å². The van der Waals surface area contributed by atoms with Gasteiger partial charge in [-0.3, -0.25) is 10.1 Å². The molecular formula is C11H11NO6. The van der Waals surface area contributed by atoms with Crippen LogP contribution in [0.3, 0.4) is 0 Å². The predicted molar refractivity (Wildman–Crippen MR) is 59.4 cm³/mol. The van der Waals surface area contributed by atoms with Crippen LogP contribution in [0, 0.1) is 10.1 Å². The molecule has 1 aromatic carbocycles. The summed E-state index contributed by atoms with van der Waals surface area (Å²) >= 11 is 0. The summed E-state index contributed by atoms with van der Waals surface area (Å²) in [5.74, 6) is -0.133. The molecule has 18 heavy (non-hydrogen) atoms. The van der Waals surface area contributed by atoms with E-state index in [2.05, 4.69) is 0 Å². The summed E-state index contributed by atoms with van der Waals surface area (Å²) in [5.41, 5.74) is -0.280. The van der Waals surface area contributed by atoms with Crippen LogP contribution in [0.2, 0.25) is 0 Å². The van der Waals surface area contributed by atoms with Crippen LogP contribution in [0.5, 0.6) is 5.75 Å². The first kappa shape index (κ1) is 12.3. The van der Waals surface area contributed by atoms with Gasteiger partial charge in [-0.15, -0.1) is 0 Å². The van der Waals surface area contributed by atoms with Crippen LogP contribution in [-0.2, 0) is 9.47 Å². The maximum Gasteiger partial charge on any atom is 0.514 e. The number of benzene rings is 1. The van der Waals surface area contributed by atoms with E-state index in [-0.39, 0.29) is 17.5 Å². The van der Waals surface area contributed by atoms with Gasteiger partial charge in [0.1, 0.15) is 6.10 Å². The Bertz CT molecular complexity index is 455. The normalized spacial score (nSPS) is 18.3. The average Bonchev–Trinajstić information content (AvgIpc) is 2.82.